The highest BCUT2D eigenvalue weighted by Gasteiger charge is 2.38. The lowest BCUT2D eigenvalue weighted by molar-refractivity contribution is -0.119. The molecule has 168 valence electrons. The molecule has 2 heterocycles. The molecule has 0 unspecified atom stereocenters. The van der Waals surface area contributed by atoms with Crippen molar-refractivity contribution in [1.82, 2.24) is 15.3 Å². The van der Waals surface area contributed by atoms with Gasteiger partial charge in [0.2, 0.25) is 17.7 Å². The van der Waals surface area contributed by atoms with Gasteiger partial charge in [0.25, 0.3) is 11.8 Å². The molecule has 3 N–H and O–H groups in total. The first-order chi connectivity index (χ1) is 15.8. The second kappa shape index (κ2) is 7.84. The van der Waals surface area contributed by atoms with Crippen LogP contribution >= 0.6 is 0 Å². The molecule has 0 bridgehead atoms. The molecule has 0 radical (unpaired) electrons. The van der Waals surface area contributed by atoms with E-state index in [4.69, 9.17) is 4.74 Å². The lowest BCUT2D eigenvalue weighted by Crippen LogP contribution is -2.26. The Bertz CT molecular complexity index is 1260. The monoisotopic (exact) mass is 447 g/mol. The summed E-state index contributed by atoms with van der Waals surface area (Å²) in [6.07, 6.45) is 3.04. The molecule has 8 nitrogen and oxygen atoms in total. The maximum Gasteiger partial charge on any atom is 0.260 e. The molecular weight excluding hydrogens is 425 g/mol. The van der Waals surface area contributed by atoms with Crippen molar-refractivity contribution in [1.29, 1.82) is 0 Å². The fourth-order valence-corrected chi connectivity index (χ4v) is 3.54. The van der Waals surface area contributed by atoms with Gasteiger partial charge in [0.1, 0.15) is 5.75 Å². The quantitative estimate of drug-likeness (QED) is 0.521. The maximum absolute atomic E-state index is 14.3. The van der Waals surface area contributed by atoms with Crippen molar-refractivity contribution < 1.29 is 18.7 Å². The van der Waals surface area contributed by atoms with Crippen LogP contribution in [0.15, 0.2) is 48.7 Å². The average molecular weight is 447 g/mol. The van der Waals surface area contributed by atoms with Gasteiger partial charge < -0.3 is 20.7 Å². The Hall–Kier alpha value is -4.01. The number of nitrogens with one attached hydrogen (secondary N) is 3. The summed E-state index contributed by atoms with van der Waals surface area (Å²) in [7, 11) is 0. The Balaban J connectivity index is 1.31. The second-order valence-corrected chi connectivity index (χ2v) is 8.69. The van der Waals surface area contributed by atoms with Gasteiger partial charge in [-0.05, 0) is 74.7 Å². The minimum atomic E-state index is -0.721. The molecule has 2 amide bonds. The summed E-state index contributed by atoms with van der Waals surface area (Å²) in [5.41, 5.74) is 2.11. The standard InChI is InChI=1S/C24H22FN5O3/c1-24(2)17-11-15(7-10-19(17)29-22(24)32)28-23-26-12-18(25)21(30-23)33-16-8-3-13(4-9-16)20(31)27-14-5-6-14/h3-4,7-12,14H,5-6H2,1-2H3,(H,27,31)(H,29,32)(H,26,28,30). The SMILES string of the molecule is CC1(C)C(=O)Nc2ccc(Nc3ncc(F)c(Oc4ccc(C(=O)NC5CC5)cc4)n3)cc21. The van der Waals surface area contributed by atoms with Gasteiger partial charge in [0.15, 0.2) is 0 Å². The van der Waals surface area contributed by atoms with Crippen LogP contribution in [0, 0.1) is 5.82 Å². The molecule has 1 aromatic heterocycles. The number of halogens is 1. The van der Waals surface area contributed by atoms with E-state index in [1.807, 2.05) is 19.9 Å². The molecule has 1 aliphatic heterocycles. The van der Waals surface area contributed by atoms with E-state index in [-0.39, 0.29) is 29.7 Å². The summed E-state index contributed by atoms with van der Waals surface area (Å²) >= 11 is 0. The third-order valence-electron chi connectivity index (χ3n) is 5.72. The number of rotatable bonds is 6. The van der Waals surface area contributed by atoms with E-state index < -0.39 is 11.2 Å². The van der Waals surface area contributed by atoms with Crippen molar-refractivity contribution in [3.05, 3.63) is 65.6 Å². The lowest BCUT2D eigenvalue weighted by atomic mass is 9.86. The zero-order valence-electron chi connectivity index (χ0n) is 18.1. The lowest BCUT2D eigenvalue weighted by Gasteiger charge is -2.16. The van der Waals surface area contributed by atoms with Crippen LogP contribution in [0.4, 0.5) is 21.7 Å². The average Bonchev–Trinajstić information content (AvgIpc) is 3.57. The van der Waals surface area contributed by atoms with E-state index in [1.165, 1.54) is 0 Å². The van der Waals surface area contributed by atoms with Gasteiger partial charge in [-0.2, -0.15) is 9.37 Å². The van der Waals surface area contributed by atoms with Crippen LogP contribution in [0.3, 0.4) is 0 Å². The molecule has 1 aliphatic carbocycles. The minimum Gasteiger partial charge on any atom is -0.436 e. The third kappa shape index (κ3) is 4.21. The Morgan fingerprint density at radius 3 is 2.67 bits per heavy atom. The number of benzene rings is 2. The number of ether oxygens (including phenoxy) is 1. The summed E-state index contributed by atoms with van der Waals surface area (Å²) < 4.78 is 19.9. The smallest absolute Gasteiger partial charge is 0.260 e. The number of hydrogen-bond acceptors (Lipinski definition) is 6. The molecule has 0 saturated heterocycles. The summed E-state index contributed by atoms with van der Waals surface area (Å²) in [5.74, 6) is -0.702. The zero-order chi connectivity index (χ0) is 23.2. The molecule has 1 saturated carbocycles. The molecule has 2 aliphatic rings. The molecule has 0 spiro atoms. The van der Waals surface area contributed by atoms with E-state index in [1.54, 1.807) is 36.4 Å². The Labute approximate surface area is 189 Å². The zero-order valence-corrected chi connectivity index (χ0v) is 18.1. The number of carbonyl (C=O) groups excluding carboxylic acids is 2. The molecule has 3 aromatic rings. The summed E-state index contributed by atoms with van der Waals surface area (Å²) in [5, 5.41) is 8.79. The number of nitrogens with zero attached hydrogens (tertiary/aromatic N) is 2. The van der Waals surface area contributed by atoms with Gasteiger partial charge in [-0.1, -0.05) is 0 Å². The van der Waals surface area contributed by atoms with Crippen LogP contribution in [-0.4, -0.2) is 27.8 Å². The van der Waals surface area contributed by atoms with Crippen molar-refractivity contribution in [2.24, 2.45) is 0 Å². The Kier molecular flexibility index (Phi) is 4.96. The maximum atomic E-state index is 14.3. The van der Waals surface area contributed by atoms with Crippen LogP contribution in [0.1, 0.15) is 42.6 Å². The van der Waals surface area contributed by atoms with Crippen LogP contribution < -0.4 is 20.7 Å². The van der Waals surface area contributed by atoms with Gasteiger partial charge in [-0.15, -0.1) is 0 Å². The third-order valence-corrected chi connectivity index (χ3v) is 5.72. The first-order valence-corrected chi connectivity index (χ1v) is 10.6. The van der Waals surface area contributed by atoms with E-state index in [9.17, 15) is 14.0 Å². The highest BCUT2D eigenvalue weighted by molar-refractivity contribution is 6.06. The van der Waals surface area contributed by atoms with Gasteiger partial charge >= 0.3 is 0 Å². The topological polar surface area (TPSA) is 105 Å². The molecule has 2 aromatic carbocycles. The van der Waals surface area contributed by atoms with Crippen LogP contribution in [0.5, 0.6) is 11.6 Å². The molecule has 9 heteroatoms. The van der Waals surface area contributed by atoms with E-state index in [0.29, 0.717) is 17.0 Å². The largest absolute Gasteiger partial charge is 0.436 e. The van der Waals surface area contributed by atoms with Gasteiger partial charge in [0, 0.05) is 23.0 Å². The number of fused-ring (bicyclic) bond motifs is 1. The highest BCUT2D eigenvalue weighted by Crippen LogP contribution is 2.39. The van der Waals surface area contributed by atoms with Crippen LogP contribution in [0.2, 0.25) is 0 Å². The molecule has 0 atom stereocenters. The normalized spacial score (nSPS) is 16.0. The van der Waals surface area contributed by atoms with Gasteiger partial charge in [-0.25, -0.2) is 4.98 Å². The second-order valence-electron chi connectivity index (χ2n) is 8.69. The molecular formula is C24H22FN5O3. The van der Waals surface area contributed by atoms with Crippen molar-refractivity contribution >= 4 is 29.1 Å². The predicted octanol–water partition coefficient (Wildman–Crippen LogP) is 4.27. The van der Waals surface area contributed by atoms with Crippen LogP contribution in [0.25, 0.3) is 0 Å². The van der Waals surface area contributed by atoms with Crippen molar-refractivity contribution in [3.63, 3.8) is 0 Å². The number of amides is 2. The van der Waals surface area contributed by atoms with Gasteiger partial charge in [0.05, 0.1) is 11.6 Å². The van der Waals surface area contributed by atoms with E-state index in [0.717, 1.165) is 30.3 Å². The number of carbonyl (C=O) groups is 2. The number of anilines is 3. The number of hydrogen-bond donors (Lipinski definition) is 3. The highest BCUT2D eigenvalue weighted by atomic mass is 19.1. The number of aromatic nitrogens is 2. The first kappa shape index (κ1) is 20.9. The fraction of sp³-hybridized carbons (Fsp3) is 0.250. The van der Waals surface area contributed by atoms with E-state index >= 15 is 0 Å². The fourth-order valence-electron chi connectivity index (χ4n) is 3.54. The summed E-state index contributed by atoms with van der Waals surface area (Å²) in [6, 6.07) is 12.1. The molecule has 33 heavy (non-hydrogen) atoms. The molecule has 1 fully saturated rings. The van der Waals surface area contributed by atoms with Crippen LogP contribution in [-0.2, 0) is 10.2 Å². The van der Waals surface area contributed by atoms with Gasteiger partial charge in [-0.3, -0.25) is 9.59 Å². The Morgan fingerprint density at radius 2 is 1.94 bits per heavy atom. The minimum absolute atomic E-state index is 0.0700. The van der Waals surface area contributed by atoms with E-state index in [2.05, 4.69) is 25.9 Å². The first-order valence-electron chi connectivity index (χ1n) is 10.6. The van der Waals surface area contributed by atoms with Crippen molar-refractivity contribution in [3.8, 4) is 11.6 Å². The van der Waals surface area contributed by atoms with Crippen molar-refractivity contribution in [2.45, 2.75) is 38.1 Å². The summed E-state index contributed by atoms with van der Waals surface area (Å²) in [4.78, 5) is 32.4. The summed E-state index contributed by atoms with van der Waals surface area (Å²) in [6.45, 7) is 3.69. The predicted molar refractivity (Wildman–Crippen MR) is 120 cm³/mol. The molecule has 5 rings (SSSR count). The van der Waals surface area contributed by atoms with Crippen molar-refractivity contribution in [2.75, 3.05) is 10.6 Å². The Morgan fingerprint density at radius 1 is 1.18 bits per heavy atom.